The van der Waals surface area contributed by atoms with Gasteiger partial charge in [0.15, 0.2) is 0 Å². The lowest BCUT2D eigenvalue weighted by Crippen LogP contribution is -2.40. The Morgan fingerprint density at radius 1 is 1.50 bits per heavy atom. The third-order valence-corrected chi connectivity index (χ3v) is 3.90. The highest BCUT2D eigenvalue weighted by molar-refractivity contribution is 6.30. The first-order valence-electron chi connectivity index (χ1n) is 7.57. The highest BCUT2D eigenvalue weighted by Crippen LogP contribution is 2.17. The molecule has 1 aromatic rings. The molecule has 1 aromatic carbocycles. The highest BCUT2D eigenvalue weighted by Gasteiger charge is 2.22. The minimum Gasteiger partial charge on any atom is -0.492 e. The van der Waals surface area contributed by atoms with Crippen molar-refractivity contribution >= 4 is 17.5 Å². The largest absolute Gasteiger partial charge is 0.492 e. The zero-order chi connectivity index (χ0) is 15.9. The Kier molecular flexibility index (Phi) is 6.49. The number of rotatable bonds is 8. The van der Waals surface area contributed by atoms with Gasteiger partial charge < -0.3 is 19.6 Å². The molecule has 1 aliphatic rings. The summed E-state index contributed by atoms with van der Waals surface area (Å²) in [6, 6.07) is 7.28. The van der Waals surface area contributed by atoms with Crippen molar-refractivity contribution in [2.45, 2.75) is 18.9 Å². The van der Waals surface area contributed by atoms with E-state index in [9.17, 15) is 9.90 Å². The molecule has 1 atom stereocenters. The molecule has 6 heteroatoms. The minimum atomic E-state index is -0.529. The number of nitrogens with zero attached hydrogens (tertiary/aromatic N) is 2. The summed E-state index contributed by atoms with van der Waals surface area (Å²) in [4.78, 5) is 15.3. The molecule has 1 fully saturated rings. The van der Waals surface area contributed by atoms with Crippen LogP contribution in [0.5, 0.6) is 5.75 Å². The number of likely N-dealkylation sites (N-methyl/N-ethyl adjacent to an activating group) is 1. The Morgan fingerprint density at radius 2 is 2.32 bits per heavy atom. The van der Waals surface area contributed by atoms with Gasteiger partial charge in [-0.25, -0.2) is 0 Å². The lowest BCUT2D eigenvalue weighted by atomic mass is 10.3. The van der Waals surface area contributed by atoms with Gasteiger partial charge >= 0.3 is 0 Å². The molecular weight excluding hydrogens is 304 g/mol. The van der Waals surface area contributed by atoms with Gasteiger partial charge in [0, 0.05) is 37.6 Å². The van der Waals surface area contributed by atoms with Crippen molar-refractivity contribution in [3.63, 3.8) is 0 Å². The molecular formula is C16H23ClN2O3. The Bertz CT molecular complexity index is 498. The van der Waals surface area contributed by atoms with Gasteiger partial charge in [0.25, 0.3) is 0 Å². The first kappa shape index (κ1) is 17.1. The van der Waals surface area contributed by atoms with Crippen molar-refractivity contribution in [3.05, 3.63) is 29.3 Å². The number of likely N-dealkylation sites (tertiary alicyclic amines) is 1. The molecule has 0 aliphatic carbocycles. The number of aliphatic hydroxyl groups excluding tert-OH is 1. The Balaban J connectivity index is 1.64. The second kappa shape index (κ2) is 8.36. The average Bonchev–Trinajstić information content (AvgIpc) is 2.84. The fourth-order valence-electron chi connectivity index (χ4n) is 2.54. The molecule has 22 heavy (non-hydrogen) atoms. The number of carbonyl (C=O) groups excluding carboxylic acids is 1. The third kappa shape index (κ3) is 5.48. The monoisotopic (exact) mass is 326 g/mol. The van der Waals surface area contributed by atoms with E-state index < -0.39 is 6.10 Å². The summed E-state index contributed by atoms with van der Waals surface area (Å²) in [5.74, 6) is 0.884. The first-order chi connectivity index (χ1) is 10.5. The molecule has 1 aliphatic heterocycles. The number of hydrogen-bond donors (Lipinski definition) is 1. The van der Waals surface area contributed by atoms with Gasteiger partial charge in [0.1, 0.15) is 12.4 Å². The molecule has 1 unspecified atom stereocenters. The molecule has 122 valence electrons. The number of aliphatic hydroxyl groups is 1. The maximum atomic E-state index is 11.5. The summed E-state index contributed by atoms with van der Waals surface area (Å²) in [5, 5.41) is 10.7. The van der Waals surface area contributed by atoms with E-state index in [1.807, 2.05) is 24.1 Å². The topological polar surface area (TPSA) is 53.0 Å². The number of benzene rings is 1. The minimum absolute atomic E-state index is 0.144. The van der Waals surface area contributed by atoms with Crippen molar-refractivity contribution in [3.8, 4) is 5.75 Å². The average molecular weight is 327 g/mol. The van der Waals surface area contributed by atoms with Crippen LogP contribution in [0.25, 0.3) is 0 Å². The van der Waals surface area contributed by atoms with Crippen LogP contribution in [0.1, 0.15) is 12.8 Å². The first-order valence-corrected chi connectivity index (χ1v) is 7.95. The molecule has 0 bridgehead atoms. The number of amides is 1. The Hall–Kier alpha value is -1.30. The van der Waals surface area contributed by atoms with Crippen LogP contribution < -0.4 is 4.74 Å². The molecule has 5 nitrogen and oxygen atoms in total. The van der Waals surface area contributed by atoms with Crippen LogP contribution in [0.15, 0.2) is 24.3 Å². The van der Waals surface area contributed by atoms with E-state index in [-0.39, 0.29) is 5.91 Å². The lowest BCUT2D eigenvalue weighted by Gasteiger charge is -2.24. The van der Waals surface area contributed by atoms with Crippen molar-refractivity contribution in [2.75, 3.05) is 39.8 Å². The van der Waals surface area contributed by atoms with Gasteiger partial charge in [-0.2, -0.15) is 0 Å². The smallest absolute Gasteiger partial charge is 0.222 e. The van der Waals surface area contributed by atoms with E-state index >= 15 is 0 Å². The van der Waals surface area contributed by atoms with Crippen LogP contribution in [0, 0.1) is 0 Å². The van der Waals surface area contributed by atoms with Crippen LogP contribution in [-0.4, -0.2) is 66.8 Å². The van der Waals surface area contributed by atoms with Crippen LogP contribution in [-0.2, 0) is 4.79 Å². The van der Waals surface area contributed by atoms with Gasteiger partial charge in [0.05, 0.1) is 6.10 Å². The van der Waals surface area contributed by atoms with Gasteiger partial charge in [-0.05, 0) is 31.7 Å². The van der Waals surface area contributed by atoms with Crippen molar-refractivity contribution in [1.29, 1.82) is 0 Å². The van der Waals surface area contributed by atoms with Crippen molar-refractivity contribution in [2.24, 2.45) is 0 Å². The van der Waals surface area contributed by atoms with Crippen LogP contribution in [0.2, 0.25) is 5.02 Å². The van der Waals surface area contributed by atoms with E-state index in [4.69, 9.17) is 16.3 Å². The SMILES string of the molecule is CN(CCOc1cccc(Cl)c1)CC(O)CN1CCCC1=O. The number of halogens is 1. The van der Waals surface area contributed by atoms with Gasteiger partial charge in [0.2, 0.25) is 5.91 Å². The summed E-state index contributed by atoms with van der Waals surface area (Å²) in [7, 11) is 1.93. The molecule has 0 saturated carbocycles. The lowest BCUT2D eigenvalue weighted by molar-refractivity contribution is -0.129. The van der Waals surface area contributed by atoms with Gasteiger partial charge in [-0.15, -0.1) is 0 Å². The molecule has 1 amide bonds. The predicted molar refractivity (Wildman–Crippen MR) is 86.3 cm³/mol. The van der Waals surface area contributed by atoms with Crippen LogP contribution >= 0.6 is 11.6 Å². The second-order valence-corrected chi connectivity index (χ2v) is 6.10. The van der Waals surface area contributed by atoms with Crippen LogP contribution in [0.3, 0.4) is 0 Å². The van der Waals surface area contributed by atoms with Gasteiger partial charge in [-0.3, -0.25) is 4.79 Å². The summed E-state index contributed by atoms with van der Waals surface area (Å²) < 4.78 is 5.62. The number of hydrogen-bond acceptors (Lipinski definition) is 4. The summed E-state index contributed by atoms with van der Waals surface area (Å²) >= 11 is 5.89. The molecule has 0 aromatic heterocycles. The van der Waals surface area contributed by atoms with E-state index in [2.05, 4.69) is 0 Å². The highest BCUT2D eigenvalue weighted by atomic mass is 35.5. The van der Waals surface area contributed by atoms with E-state index in [0.29, 0.717) is 37.7 Å². The van der Waals surface area contributed by atoms with Crippen LogP contribution in [0.4, 0.5) is 0 Å². The fourth-order valence-corrected chi connectivity index (χ4v) is 2.72. The van der Waals surface area contributed by atoms with Crippen molar-refractivity contribution in [1.82, 2.24) is 9.80 Å². The van der Waals surface area contributed by atoms with Gasteiger partial charge in [-0.1, -0.05) is 17.7 Å². The summed E-state index contributed by atoms with van der Waals surface area (Å²) in [6.45, 7) is 2.90. The molecule has 0 radical (unpaired) electrons. The summed E-state index contributed by atoms with van der Waals surface area (Å²) in [5.41, 5.74) is 0. The maximum Gasteiger partial charge on any atom is 0.222 e. The summed E-state index contributed by atoms with van der Waals surface area (Å²) in [6.07, 6.45) is 0.975. The standard InChI is InChI=1S/C16H23ClN2O3/c1-18(8-9-22-15-5-2-4-13(17)10-15)11-14(20)12-19-7-3-6-16(19)21/h2,4-5,10,14,20H,3,6-9,11-12H2,1H3. The normalized spacial score (nSPS) is 16.4. The zero-order valence-electron chi connectivity index (χ0n) is 12.9. The van der Waals surface area contributed by atoms with E-state index in [1.165, 1.54) is 0 Å². The van der Waals surface area contributed by atoms with E-state index in [0.717, 1.165) is 18.7 Å². The number of β-amino-alcohol motifs (C(OH)–C–C–N with tert-alkyl or cyclic N) is 1. The molecule has 1 N–H and O–H groups in total. The quantitative estimate of drug-likeness (QED) is 0.789. The predicted octanol–water partition coefficient (Wildman–Crippen LogP) is 1.63. The molecule has 1 heterocycles. The molecule has 0 spiro atoms. The third-order valence-electron chi connectivity index (χ3n) is 3.66. The number of carbonyl (C=O) groups is 1. The number of ether oxygens (including phenoxy) is 1. The Morgan fingerprint density at radius 3 is 3.00 bits per heavy atom. The fraction of sp³-hybridized carbons (Fsp3) is 0.562. The molecule has 2 rings (SSSR count). The zero-order valence-corrected chi connectivity index (χ0v) is 13.6. The molecule has 1 saturated heterocycles. The second-order valence-electron chi connectivity index (χ2n) is 5.67. The Labute approximate surface area is 136 Å². The van der Waals surface area contributed by atoms with Crippen molar-refractivity contribution < 1.29 is 14.6 Å². The maximum absolute atomic E-state index is 11.5. The van der Waals surface area contributed by atoms with E-state index in [1.54, 1.807) is 17.0 Å².